The molecule has 2 aromatic rings. The van der Waals surface area contributed by atoms with Crippen molar-refractivity contribution in [3.05, 3.63) is 46.4 Å². The zero-order valence-electron chi connectivity index (χ0n) is 8.98. The first-order valence-corrected chi connectivity index (χ1v) is 6.47. The molecular formula is C12H13ClN2S. The van der Waals surface area contributed by atoms with Gasteiger partial charge in [0.25, 0.3) is 0 Å². The minimum absolute atomic E-state index is 0.295. The summed E-state index contributed by atoms with van der Waals surface area (Å²) < 4.78 is 0. The lowest BCUT2D eigenvalue weighted by Crippen LogP contribution is -2.09. The number of halogens is 1. The first-order chi connectivity index (χ1) is 7.79. The molecule has 0 amide bonds. The van der Waals surface area contributed by atoms with Gasteiger partial charge in [-0.3, -0.25) is 0 Å². The molecule has 0 saturated heterocycles. The first kappa shape index (κ1) is 11.4. The molecule has 84 valence electrons. The summed E-state index contributed by atoms with van der Waals surface area (Å²) >= 11 is 7.49. The highest BCUT2D eigenvalue weighted by Gasteiger charge is 2.09. The number of hydrogen-bond acceptors (Lipinski definition) is 3. The standard InChI is InChI=1S/C12H13ClN2S/c1-2-11(15-12-14-7-8-16-12)9-3-5-10(13)6-4-9/h3-8,11H,2H2,1H3,(H,14,15). The number of nitrogens with one attached hydrogen (secondary N) is 1. The fourth-order valence-electron chi connectivity index (χ4n) is 1.56. The van der Waals surface area contributed by atoms with Crippen LogP contribution in [-0.4, -0.2) is 4.98 Å². The lowest BCUT2D eigenvalue weighted by molar-refractivity contribution is 0.748. The Morgan fingerprint density at radius 1 is 1.38 bits per heavy atom. The lowest BCUT2D eigenvalue weighted by Gasteiger charge is -2.16. The molecule has 0 spiro atoms. The zero-order chi connectivity index (χ0) is 11.4. The van der Waals surface area contributed by atoms with Gasteiger partial charge in [-0.25, -0.2) is 4.98 Å². The molecule has 0 saturated carbocycles. The van der Waals surface area contributed by atoms with E-state index in [1.54, 1.807) is 11.3 Å². The molecule has 2 rings (SSSR count). The van der Waals surface area contributed by atoms with Gasteiger partial charge in [-0.2, -0.15) is 0 Å². The van der Waals surface area contributed by atoms with E-state index >= 15 is 0 Å². The highest BCUT2D eigenvalue weighted by atomic mass is 35.5. The molecule has 16 heavy (non-hydrogen) atoms. The van der Waals surface area contributed by atoms with Crippen LogP contribution in [0.3, 0.4) is 0 Å². The van der Waals surface area contributed by atoms with E-state index in [1.807, 2.05) is 23.7 Å². The van der Waals surface area contributed by atoms with E-state index in [4.69, 9.17) is 11.6 Å². The maximum absolute atomic E-state index is 5.87. The number of rotatable bonds is 4. The number of hydrogen-bond donors (Lipinski definition) is 1. The molecule has 1 heterocycles. The van der Waals surface area contributed by atoms with Gasteiger partial charge in [0.2, 0.25) is 0 Å². The molecule has 1 aromatic carbocycles. The Hall–Kier alpha value is -1.06. The van der Waals surface area contributed by atoms with Crippen LogP contribution in [0.4, 0.5) is 5.13 Å². The van der Waals surface area contributed by atoms with Crippen LogP contribution in [0.2, 0.25) is 5.02 Å². The number of benzene rings is 1. The summed E-state index contributed by atoms with van der Waals surface area (Å²) in [7, 11) is 0. The van der Waals surface area contributed by atoms with E-state index < -0.39 is 0 Å². The molecule has 4 heteroatoms. The summed E-state index contributed by atoms with van der Waals surface area (Å²) in [5.41, 5.74) is 1.24. The second-order valence-electron chi connectivity index (χ2n) is 3.49. The molecule has 1 unspecified atom stereocenters. The van der Waals surface area contributed by atoms with Gasteiger partial charge in [0.15, 0.2) is 5.13 Å². The topological polar surface area (TPSA) is 24.9 Å². The summed E-state index contributed by atoms with van der Waals surface area (Å²) in [6.45, 7) is 2.15. The SMILES string of the molecule is CCC(Nc1nccs1)c1ccc(Cl)cc1. The molecule has 0 aliphatic rings. The van der Waals surface area contributed by atoms with Gasteiger partial charge >= 0.3 is 0 Å². The third-order valence-electron chi connectivity index (χ3n) is 2.41. The van der Waals surface area contributed by atoms with Gasteiger partial charge in [-0.05, 0) is 24.1 Å². The highest BCUT2D eigenvalue weighted by molar-refractivity contribution is 7.13. The average Bonchev–Trinajstić information content (AvgIpc) is 2.80. The molecule has 0 fully saturated rings. The predicted octanol–water partition coefficient (Wildman–Crippen LogP) is 4.36. The maximum Gasteiger partial charge on any atom is 0.183 e. The van der Waals surface area contributed by atoms with E-state index in [2.05, 4.69) is 29.4 Å². The molecule has 0 radical (unpaired) electrons. The Bertz CT molecular complexity index is 425. The van der Waals surface area contributed by atoms with Crippen molar-refractivity contribution in [2.75, 3.05) is 5.32 Å². The summed E-state index contributed by atoms with van der Waals surface area (Å²) in [6, 6.07) is 8.24. The van der Waals surface area contributed by atoms with Crippen LogP contribution in [0.15, 0.2) is 35.8 Å². The minimum Gasteiger partial charge on any atom is -0.355 e. The minimum atomic E-state index is 0.295. The van der Waals surface area contributed by atoms with Gasteiger partial charge in [0.1, 0.15) is 0 Å². The van der Waals surface area contributed by atoms with Gasteiger partial charge in [-0.1, -0.05) is 30.7 Å². The fraction of sp³-hybridized carbons (Fsp3) is 0.250. The van der Waals surface area contributed by atoms with E-state index in [0.717, 1.165) is 16.6 Å². The van der Waals surface area contributed by atoms with Gasteiger partial charge < -0.3 is 5.32 Å². The van der Waals surface area contributed by atoms with E-state index in [-0.39, 0.29) is 0 Å². The first-order valence-electron chi connectivity index (χ1n) is 5.21. The second kappa shape index (κ2) is 5.32. The van der Waals surface area contributed by atoms with Crippen LogP contribution < -0.4 is 5.32 Å². The summed E-state index contributed by atoms with van der Waals surface area (Å²) in [5.74, 6) is 0. The van der Waals surface area contributed by atoms with Gasteiger partial charge in [-0.15, -0.1) is 11.3 Å². The zero-order valence-corrected chi connectivity index (χ0v) is 10.6. The Morgan fingerprint density at radius 3 is 2.69 bits per heavy atom. The Kier molecular flexibility index (Phi) is 3.80. The van der Waals surface area contributed by atoms with Crippen molar-refractivity contribution in [2.45, 2.75) is 19.4 Å². The van der Waals surface area contributed by atoms with Crippen LogP contribution in [0, 0.1) is 0 Å². The van der Waals surface area contributed by atoms with Gasteiger partial charge in [0.05, 0.1) is 6.04 Å². The predicted molar refractivity (Wildman–Crippen MR) is 70.2 cm³/mol. The smallest absolute Gasteiger partial charge is 0.183 e. The van der Waals surface area contributed by atoms with Crippen molar-refractivity contribution in [2.24, 2.45) is 0 Å². The molecule has 2 nitrogen and oxygen atoms in total. The Balaban J connectivity index is 2.13. The molecule has 1 aromatic heterocycles. The number of nitrogens with zero attached hydrogens (tertiary/aromatic N) is 1. The largest absolute Gasteiger partial charge is 0.355 e. The van der Waals surface area contributed by atoms with Crippen molar-refractivity contribution in [1.29, 1.82) is 0 Å². The third-order valence-corrected chi connectivity index (χ3v) is 3.37. The summed E-state index contributed by atoms with van der Waals surface area (Å²) in [4.78, 5) is 4.23. The second-order valence-corrected chi connectivity index (χ2v) is 4.82. The normalized spacial score (nSPS) is 12.4. The number of anilines is 1. The van der Waals surface area contributed by atoms with E-state index in [0.29, 0.717) is 6.04 Å². The van der Waals surface area contributed by atoms with E-state index in [1.165, 1.54) is 5.56 Å². The van der Waals surface area contributed by atoms with Crippen molar-refractivity contribution in [3.63, 3.8) is 0 Å². The molecule has 0 aliphatic carbocycles. The highest BCUT2D eigenvalue weighted by Crippen LogP contribution is 2.24. The van der Waals surface area contributed by atoms with Crippen molar-refractivity contribution in [3.8, 4) is 0 Å². The molecule has 0 bridgehead atoms. The summed E-state index contributed by atoms with van der Waals surface area (Å²) in [5, 5.41) is 7.11. The van der Waals surface area contributed by atoms with Crippen molar-refractivity contribution >= 4 is 28.1 Å². The van der Waals surface area contributed by atoms with E-state index in [9.17, 15) is 0 Å². The van der Waals surface area contributed by atoms with Crippen molar-refractivity contribution < 1.29 is 0 Å². The molecule has 1 atom stereocenters. The van der Waals surface area contributed by atoms with Crippen LogP contribution >= 0.6 is 22.9 Å². The summed E-state index contributed by atoms with van der Waals surface area (Å²) in [6.07, 6.45) is 2.82. The van der Waals surface area contributed by atoms with Gasteiger partial charge in [0, 0.05) is 16.6 Å². The van der Waals surface area contributed by atoms with Crippen LogP contribution in [-0.2, 0) is 0 Å². The average molecular weight is 253 g/mol. The van der Waals surface area contributed by atoms with Crippen molar-refractivity contribution in [1.82, 2.24) is 4.98 Å². The maximum atomic E-state index is 5.87. The van der Waals surface area contributed by atoms with Crippen LogP contribution in [0.25, 0.3) is 0 Å². The molecule has 1 N–H and O–H groups in total. The lowest BCUT2D eigenvalue weighted by atomic mass is 10.1. The van der Waals surface area contributed by atoms with Crippen LogP contribution in [0.5, 0.6) is 0 Å². The Labute approximate surface area is 104 Å². The third kappa shape index (κ3) is 2.74. The monoisotopic (exact) mass is 252 g/mol. The Morgan fingerprint density at radius 2 is 2.12 bits per heavy atom. The quantitative estimate of drug-likeness (QED) is 0.875. The number of thiazole rings is 1. The molecule has 0 aliphatic heterocycles. The fourth-order valence-corrected chi connectivity index (χ4v) is 2.27. The van der Waals surface area contributed by atoms with Crippen LogP contribution in [0.1, 0.15) is 24.9 Å². The molecular weight excluding hydrogens is 240 g/mol. The number of aromatic nitrogens is 1.